The van der Waals surface area contributed by atoms with E-state index in [0.29, 0.717) is 32.4 Å². The lowest BCUT2D eigenvalue weighted by molar-refractivity contribution is -0.139. The molecule has 0 spiro atoms. The predicted molar refractivity (Wildman–Crippen MR) is 97.7 cm³/mol. The summed E-state index contributed by atoms with van der Waals surface area (Å²) in [6, 6.07) is 10.00. The maximum absolute atomic E-state index is 12.5. The Balaban J connectivity index is 1.60. The van der Waals surface area contributed by atoms with Crippen molar-refractivity contribution in [1.82, 2.24) is 0 Å². The van der Waals surface area contributed by atoms with Crippen LogP contribution in [0.15, 0.2) is 54.6 Å². The summed E-state index contributed by atoms with van der Waals surface area (Å²) in [5.41, 5.74) is 1.12. The van der Waals surface area contributed by atoms with E-state index < -0.39 is 20.8 Å². The first-order valence-corrected chi connectivity index (χ1v) is 9.94. The van der Waals surface area contributed by atoms with E-state index in [9.17, 15) is 13.2 Å². The van der Waals surface area contributed by atoms with Crippen LogP contribution in [0.2, 0.25) is 0 Å². The van der Waals surface area contributed by atoms with E-state index in [1.807, 2.05) is 30.3 Å². The standard InChI is InChI=1S/C19H23NO4S/c1-19(12-6-3-7-13-19)25(22,23)24-18(21)16-10-14-20(15-11-16)17-8-4-2-5-9-17/h2-9,12,16H,10-11,13-15H2,1H3. The zero-order chi connectivity index (χ0) is 17.9. The second kappa shape index (κ2) is 7.04. The second-order valence-corrected chi connectivity index (χ2v) is 8.76. The summed E-state index contributed by atoms with van der Waals surface area (Å²) in [5.74, 6) is -1.00. The van der Waals surface area contributed by atoms with Gasteiger partial charge in [-0.2, -0.15) is 8.42 Å². The number of benzene rings is 1. The van der Waals surface area contributed by atoms with E-state index in [2.05, 4.69) is 4.90 Å². The molecule has 0 amide bonds. The van der Waals surface area contributed by atoms with E-state index in [4.69, 9.17) is 4.18 Å². The van der Waals surface area contributed by atoms with Crippen LogP contribution in [0.25, 0.3) is 0 Å². The van der Waals surface area contributed by atoms with Gasteiger partial charge in [0.15, 0.2) is 0 Å². The minimum Gasteiger partial charge on any atom is -0.371 e. The number of hydrogen-bond donors (Lipinski definition) is 0. The van der Waals surface area contributed by atoms with E-state index in [0.717, 1.165) is 5.69 Å². The number of rotatable bonds is 4. The van der Waals surface area contributed by atoms with Gasteiger partial charge in [-0.15, -0.1) is 0 Å². The Labute approximate surface area is 149 Å². The molecular formula is C19H23NO4S. The first-order valence-electron chi connectivity index (χ1n) is 8.53. The predicted octanol–water partition coefficient (Wildman–Crippen LogP) is 3.05. The summed E-state index contributed by atoms with van der Waals surface area (Å²) in [4.78, 5) is 14.6. The maximum atomic E-state index is 12.5. The third kappa shape index (κ3) is 3.79. The maximum Gasteiger partial charge on any atom is 0.325 e. The van der Waals surface area contributed by atoms with Crippen LogP contribution in [0.1, 0.15) is 26.2 Å². The largest absolute Gasteiger partial charge is 0.371 e. The highest BCUT2D eigenvalue weighted by Gasteiger charge is 2.41. The van der Waals surface area contributed by atoms with Gasteiger partial charge in [-0.3, -0.25) is 4.79 Å². The van der Waals surface area contributed by atoms with Crippen LogP contribution < -0.4 is 4.90 Å². The molecule has 0 N–H and O–H groups in total. The van der Waals surface area contributed by atoms with Gasteiger partial charge in [0.05, 0.1) is 5.92 Å². The molecule has 5 nitrogen and oxygen atoms in total. The highest BCUT2D eigenvalue weighted by atomic mass is 32.2. The summed E-state index contributed by atoms with van der Waals surface area (Å²) in [5, 5.41) is 0. The number of carbonyl (C=O) groups is 1. The lowest BCUT2D eigenvalue weighted by atomic mass is 9.97. The molecule has 1 atom stereocenters. The minimum absolute atomic E-state index is 0.311. The smallest absolute Gasteiger partial charge is 0.325 e. The fourth-order valence-electron chi connectivity index (χ4n) is 3.18. The Hall–Kier alpha value is -2.08. The third-order valence-corrected chi connectivity index (χ3v) is 6.76. The molecule has 1 fully saturated rings. The molecule has 0 radical (unpaired) electrons. The molecule has 1 aliphatic carbocycles. The zero-order valence-corrected chi connectivity index (χ0v) is 15.1. The van der Waals surface area contributed by atoms with E-state index in [1.165, 1.54) is 0 Å². The van der Waals surface area contributed by atoms with Gasteiger partial charge in [0.25, 0.3) is 0 Å². The third-order valence-electron chi connectivity index (χ3n) is 4.93. The van der Waals surface area contributed by atoms with Crippen LogP contribution in [-0.4, -0.2) is 32.2 Å². The van der Waals surface area contributed by atoms with Gasteiger partial charge in [-0.1, -0.05) is 42.5 Å². The van der Waals surface area contributed by atoms with Gasteiger partial charge in [0, 0.05) is 18.8 Å². The summed E-state index contributed by atoms with van der Waals surface area (Å²) in [7, 11) is -4.00. The lowest BCUT2D eigenvalue weighted by Gasteiger charge is -2.33. The average Bonchev–Trinajstić information content (AvgIpc) is 2.63. The molecule has 0 aromatic heterocycles. The average molecular weight is 361 g/mol. The molecule has 25 heavy (non-hydrogen) atoms. The number of anilines is 1. The molecule has 0 saturated carbocycles. The van der Waals surface area contributed by atoms with Crippen molar-refractivity contribution in [3.05, 3.63) is 54.6 Å². The van der Waals surface area contributed by atoms with Crippen molar-refractivity contribution in [1.29, 1.82) is 0 Å². The van der Waals surface area contributed by atoms with Gasteiger partial charge in [-0.25, -0.2) is 0 Å². The fraction of sp³-hybridized carbons (Fsp3) is 0.421. The van der Waals surface area contributed by atoms with E-state index in [1.54, 1.807) is 31.2 Å². The zero-order valence-electron chi connectivity index (χ0n) is 14.3. The Kier molecular flexibility index (Phi) is 4.99. The molecule has 1 unspecified atom stereocenters. The van der Waals surface area contributed by atoms with Gasteiger partial charge in [0.2, 0.25) is 0 Å². The molecule has 0 bridgehead atoms. The van der Waals surface area contributed by atoms with Gasteiger partial charge < -0.3 is 9.08 Å². The van der Waals surface area contributed by atoms with Crippen LogP contribution in [0, 0.1) is 5.92 Å². The number of para-hydroxylation sites is 1. The van der Waals surface area contributed by atoms with Crippen LogP contribution in [-0.2, 0) is 19.1 Å². The van der Waals surface area contributed by atoms with Crippen LogP contribution in [0.4, 0.5) is 5.69 Å². The number of hydrogen-bond acceptors (Lipinski definition) is 5. The molecule has 1 aliphatic heterocycles. The molecule has 1 aromatic rings. The van der Waals surface area contributed by atoms with E-state index >= 15 is 0 Å². The normalized spacial score (nSPS) is 24.3. The van der Waals surface area contributed by atoms with Crippen molar-refractivity contribution in [2.24, 2.45) is 5.92 Å². The SMILES string of the molecule is CC1(S(=O)(=O)OC(=O)C2CCN(c3ccccc3)CC2)C=CC=CC1. The van der Waals surface area contributed by atoms with Crippen molar-refractivity contribution >= 4 is 21.8 Å². The van der Waals surface area contributed by atoms with Crippen molar-refractivity contribution in [3.63, 3.8) is 0 Å². The van der Waals surface area contributed by atoms with Crippen molar-refractivity contribution in [2.45, 2.75) is 30.9 Å². The molecule has 1 aromatic carbocycles. The summed E-state index contributed by atoms with van der Waals surface area (Å²) >= 11 is 0. The first-order chi connectivity index (χ1) is 11.9. The van der Waals surface area contributed by atoms with E-state index in [-0.39, 0.29) is 5.92 Å². The monoisotopic (exact) mass is 361 g/mol. The highest BCUT2D eigenvalue weighted by molar-refractivity contribution is 7.88. The van der Waals surface area contributed by atoms with Crippen molar-refractivity contribution < 1.29 is 17.4 Å². The fourth-order valence-corrected chi connectivity index (χ4v) is 4.27. The number of piperidine rings is 1. The number of carbonyl (C=O) groups excluding carboxylic acids is 1. The van der Waals surface area contributed by atoms with Crippen LogP contribution >= 0.6 is 0 Å². The number of nitrogens with zero attached hydrogens (tertiary/aromatic N) is 1. The van der Waals surface area contributed by atoms with Crippen LogP contribution in [0.3, 0.4) is 0 Å². The molecule has 1 saturated heterocycles. The second-order valence-electron chi connectivity index (χ2n) is 6.76. The topological polar surface area (TPSA) is 63.7 Å². The van der Waals surface area contributed by atoms with Gasteiger partial charge in [-0.05, 0) is 38.3 Å². The van der Waals surface area contributed by atoms with Gasteiger partial charge in [0.1, 0.15) is 4.75 Å². The Morgan fingerprint density at radius 2 is 1.84 bits per heavy atom. The lowest BCUT2D eigenvalue weighted by Crippen LogP contribution is -2.41. The van der Waals surface area contributed by atoms with Crippen molar-refractivity contribution in [3.8, 4) is 0 Å². The van der Waals surface area contributed by atoms with Gasteiger partial charge >= 0.3 is 16.1 Å². The Bertz CT molecular complexity index is 777. The van der Waals surface area contributed by atoms with Crippen LogP contribution in [0.5, 0.6) is 0 Å². The molecule has 134 valence electrons. The summed E-state index contributed by atoms with van der Waals surface area (Å²) in [6.07, 6.45) is 8.31. The molecule has 6 heteroatoms. The minimum atomic E-state index is -4.00. The molecule has 1 heterocycles. The Morgan fingerprint density at radius 3 is 2.44 bits per heavy atom. The first kappa shape index (κ1) is 17.7. The quantitative estimate of drug-likeness (QED) is 0.771. The summed E-state index contributed by atoms with van der Waals surface area (Å²) in [6.45, 7) is 3.00. The Morgan fingerprint density at radius 1 is 1.16 bits per heavy atom. The summed E-state index contributed by atoms with van der Waals surface area (Å²) < 4.78 is 28.8. The molecular weight excluding hydrogens is 338 g/mol. The van der Waals surface area contributed by atoms with Crippen molar-refractivity contribution in [2.75, 3.05) is 18.0 Å². The highest BCUT2D eigenvalue weighted by Crippen LogP contribution is 2.30. The molecule has 3 rings (SSSR count). The molecule has 2 aliphatic rings. The number of allylic oxidation sites excluding steroid dienone is 3.